The molecule has 1 heterocycles. The standard InChI is InChI=1S/C12H21N3O2/c1-9(2)5-12(3,17)8-13-11(16)10-6-14-15(4)7-10/h6-7,9,17H,5,8H2,1-4H3,(H,13,16). The molecule has 0 saturated carbocycles. The minimum absolute atomic E-state index is 0.206. The Bertz CT molecular complexity index is 383. The van der Waals surface area contributed by atoms with Crippen LogP contribution in [-0.2, 0) is 7.05 Å². The molecule has 96 valence electrons. The van der Waals surface area contributed by atoms with Crippen molar-refractivity contribution in [2.75, 3.05) is 6.54 Å². The van der Waals surface area contributed by atoms with Gasteiger partial charge >= 0.3 is 0 Å². The Morgan fingerprint density at radius 1 is 1.65 bits per heavy atom. The molecule has 0 spiro atoms. The van der Waals surface area contributed by atoms with Crippen LogP contribution in [0.4, 0.5) is 0 Å². The highest BCUT2D eigenvalue weighted by Gasteiger charge is 2.22. The van der Waals surface area contributed by atoms with Crippen molar-refractivity contribution >= 4 is 5.91 Å². The smallest absolute Gasteiger partial charge is 0.254 e. The predicted octanol–water partition coefficient (Wildman–Crippen LogP) is 0.947. The molecule has 1 aromatic heterocycles. The van der Waals surface area contributed by atoms with Crippen LogP contribution in [0.1, 0.15) is 37.6 Å². The lowest BCUT2D eigenvalue weighted by Crippen LogP contribution is -2.41. The number of nitrogens with zero attached hydrogens (tertiary/aromatic N) is 2. The Labute approximate surface area is 102 Å². The van der Waals surface area contributed by atoms with Gasteiger partial charge < -0.3 is 10.4 Å². The fourth-order valence-electron chi connectivity index (χ4n) is 1.86. The Morgan fingerprint density at radius 3 is 2.76 bits per heavy atom. The maximum atomic E-state index is 11.7. The van der Waals surface area contributed by atoms with Gasteiger partial charge in [-0.05, 0) is 19.3 Å². The van der Waals surface area contributed by atoms with Crippen molar-refractivity contribution in [1.82, 2.24) is 15.1 Å². The third-order valence-electron chi connectivity index (χ3n) is 2.44. The molecule has 1 unspecified atom stereocenters. The molecule has 17 heavy (non-hydrogen) atoms. The summed E-state index contributed by atoms with van der Waals surface area (Å²) in [6.07, 6.45) is 3.80. The van der Waals surface area contributed by atoms with Crippen LogP contribution >= 0.6 is 0 Å². The number of nitrogens with one attached hydrogen (secondary N) is 1. The third-order valence-corrected chi connectivity index (χ3v) is 2.44. The van der Waals surface area contributed by atoms with Crippen LogP contribution < -0.4 is 5.32 Å². The molecule has 1 rings (SSSR count). The van der Waals surface area contributed by atoms with E-state index in [1.165, 1.54) is 6.20 Å². The van der Waals surface area contributed by atoms with Gasteiger partial charge in [0.25, 0.3) is 5.91 Å². The molecule has 0 radical (unpaired) electrons. The van der Waals surface area contributed by atoms with E-state index in [9.17, 15) is 9.90 Å². The zero-order valence-electron chi connectivity index (χ0n) is 10.9. The molecule has 0 fully saturated rings. The highest BCUT2D eigenvalue weighted by Crippen LogP contribution is 2.15. The minimum Gasteiger partial charge on any atom is -0.388 e. The van der Waals surface area contributed by atoms with E-state index in [-0.39, 0.29) is 12.5 Å². The normalized spacial score (nSPS) is 14.7. The van der Waals surface area contributed by atoms with Gasteiger partial charge in [0.05, 0.1) is 17.4 Å². The number of rotatable bonds is 5. The fraction of sp³-hybridized carbons (Fsp3) is 0.667. The van der Waals surface area contributed by atoms with Gasteiger partial charge in [-0.2, -0.15) is 5.10 Å². The SMILES string of the molecule is CC(C)CC(C)(O)CNC(=O)c1cnn(C)c1. The Morgan fingerprint density at radius 2 is 2.29 bits per heavy atom. The van der Waals surface area contributed by atoms with Gasteiger partial charge in [0, 0.05) is 19.8 Å². The number of aliphatic hydroxyl groups is 1. The second-order valence-corrected chi connectivity index (χ2v) is 5.18. The van der Waals surface area contributed by atoms with Gasteiger partial charge in [-0.15, -0.1) is 0 Å². The zero-order chi connectivity index (χ0) is 13.1. The van der Waals surface area contributed by atoms with Crippen LogP contribution in [0.25, 0.3) is 0 Å². The van der Waals surface area contributed by atoms with Crippen LogP contribution in [0.5, 0.6) is 0 Å². The number of carbonyl (C=O) groups is 1. The molecule has 5 heteroatoms. The van der Waals surface area contributed by atoms with E-state index in [2.05, 4.69) is 10.4 Å². The minimum atomic E-state index is -0.869. The zero-order valence-corrected chi connectivity index (χ0v) is 10.9. The van der Waals surface area contributed by atoms with E-state index >= 15 is 0 Å². The van der Waals surface area contributed by atoms with Crippen LogP contribution in [0.3, 0.4) is 0 Å². The Balaban J connectivity index is 2.48. The number of aromatic nitrogens is 2. The molecule has 2 N–H and O–H groups in total. The van der Waals surface area contributed by atoms with Gasteiger partial charge in [0.15, 0.2) is 0 Å². The van der Waals surface area contributed by atoms with Crippen molar-refractivity contribution in [3.05, 3.63) is 18.0 Å². The summed E-state index contributed by atoms with van der Waals surface area (Å²) in [6.45, 7) is 6.06. The highest BCUT2D eigenvalue weighted by molar-refractivity contribution is 5.93. The molecule has 1 aromatic rings. The molecule has 0 aliphatic heterocycles. The lowest BCUT2D eigenvalue weighted by molar-refractivity contribution is 0.0368. The molecule has 0 bridgehead atoms. The average Bonchev–Trinajstić information content (AvgIpc) is 2.59. The van der Waals surface area contributed by atoms with Crippen LogP contribution in [0.2, 0.25) is 0 Å². The van der Waals surface area contributed by atoms with Crippen LogP contribution in [0, 0.1) is 5.92 Å². The summed E-state index contributed by atoms with van der Waals surface area (Å²) in [5.41, 5.74) is -0.362. The summed E-state index contributed by atoms with van der Waals surface area (Å²) >= 11 is 0. The van der Waals surface area contributed by atoms with Crippen molar-refractivity contribution in [3.63, 3.8) is 0 Å². The molecule has 1 atom stereocenters. The van der Waals surface area contributed by atoms with E-state index in [1.54, 1.807) is 24.9 Å². The maximum absolute atomic E-state index is 11.7. The van der Waals surface area contributed by atoms with Crippen molar-refractivity contribution in [3.8, 4) is 0 Å². The van der Waals surface area contributed by atoms with Crippen LogP contribution in [0.15, 0.2) is 12.4 Å². The monoisotopic (exact) mass is 239 g/mol. The summed E-state index contributed by atoms with van der Waals surface area (Å²) < 4.78 is 1.57. The third kappa shape index (κ3) is 4.56. The summed E-state index contributed by atoms with van der Waals surface area (Å²) in [7, 11) is 1.76. The van der Waals surface area contributed by atoms with Crippen LogP contribution in [-0.4, -0.2) is 32.9 Å². The summed E-state index contributed by atoms with van der Waals surface area (Å²) in [5.74, 6) is 0.183. The first kappa shape index (κ1) is 13.7. The first-order chi connectivity index (χ1) is 7.80. The molecule has 0 saturated heterocycles. The Kier molecular flexibility index (Phi) is 4.28. The second kappa shape index (κ2) is 5.31. The summed E-state index contributed by atoms with van der Waals surface area (Å²) in [4.78, 5) is 11.7. The lowest BCUT2D eigenvalue weighted by Gasteiger charge is -2.25. The first-order valence-electron chi connectivity index (χ1n) is 5.79. The van der Waals surface area contributed by atoms with Gasteiger partial charge in [-0.1, -0.05) is 13.8 Å². The van der Waals surface area contributed by atoms with Gasteiger partial charge in [-0.25, -0.2) is 0 Å². The van der Waals surface area contributed by atoms with Gasteiger partial charge in [0.2, 0.25) is 0 Å². The average molecular weight is 239 g/mol. The molecule has 5 nitrogen and oxygen atoms in total. The Hall–Kier alpha value is -1.36. The number of hydrogen-bond donors (Lipinski definition) is 2. The lowest BCUT2D eigenvalue weighted by atomic mass is 9.94. The molecule has 0 aromatic carbocycles. The first-order valence-corrected chi connectivity index (χ1v) is 5.79. The van der Waals surface area contributed by atoms with Gasteiger partial charge in [-0.3, -0.25) is 9.48 Å². The molecular formula is C12H21N3O2. The number of hydrogen-bond acceptors (Lipinski definition) is 3. The molecule has 1 amide bonds. The van der Waals surface area contributed by atoms with Crippen molar-refractivity contribution in [1.29, 1.82) is 0 Å². The highest BCUT2D eigenvalue weighted by atomic mass is 16.3. The molecular weight excluding hydrogens is 218 g/mol. The second-order valence-electron chi connectivity index (χ2n) is 5.18. The van der Waals surface area contributed by atoms with Gasteiger partial charge in [0.1, 0.15) is 0 Å². The predicted molar refractivity (Wildman–Crippen MR) is 65.6 cm³/mol. The fourth-order valence-corrected chi connectivity index (χ4v) is 1.86. The number of amides is 1. The van der Waals surface area contributed by atoms with Crippen molar-refractivity contribution in [2.24, 2.45) is 13.0 Å². The largest absolute Gasteiger partial charge is 0.388 e. The quantitative estimate of drug-likeness (QED) is 0.804. The summed E-state index contributed by atoms with van der Waals surface area (Å²) in [6, 6.07) is 0. The number of aryl methyl sites for hydroxylation is 1. The molecule has 0 aliphatic rings. The summed E-state index contributed by atoms with van der Waals surface area (Å²) in [5, 5.41) is 16.7. The van der Waals surface area contributed by atoms with E-state index < -0.39 is 5.60 Å². The van der Waals surface area contributed by atoms with E-state index in [0.29, 0.717) is 17.9 Å². The number of carbonyl (C=O) groups excluding carboxylic acids is 1. The van der Waals surface area contributed by atoms with Crippen molar-refractivity contribution < 1.29 is 9.90 Å². The molecule has 0 aliphatic carbocycles. The van der Waals surface area contributed by atoms with E-state index in [0.717, 1.165) is 0 Å². The van der Waals surface area contributed by atoms with E-state index in [1.807, 2.05) is 13.8 Å². The maximum Gasteiger partial charge on any atom is 0.254 e. The van der Waals surface area contributed by atoms with Crippen molar-refractivity contribution in [2.45, 2.75) is 32.8 Å². The van der Waals surface area contributed by atoms with E-state index in [4.69, 9.17) is 0 Å². The topological polar surface area (TPSA) is 67.2 Å².